The zero-order valence-corrected chi connectivity index (χ0v) is 7.25. The summed E-state index contributed by atoms with van der Waals surface area (Å²) < 4.78 is 0. The fraction of sp³-hybridized carbons (Fsp3) is 0.545. The van der Waals surface area contributed by atoms with Crippen LogP contribution in [0.4, 0.5) is 0 Å². The third-order valence-corrected chi connectivity index (χ3v) is 3.10. The van der Waals surface area contributed by atoms with Crippen molar-refractivity contribution in [2.45, 2.75) is 25.7 Å². The van der Waals surface area contributed by atoms with Gasteiger partial charge < -0.3 is 0 Å². The fourth-order valence-corrected chi connectivity index (χ4v) is 2.40. The van der Waals surface area contributed by atoms with Crippen molar-refractivity contribution in [1.29, 1.82) is 0 Å². The zero-order chi connectivity index (χ0) is 8.55. The maximum atomic E-state index is 11.4. The summed E-state index contributed by atoms with van der Waals surface area (Å²) in [5, 5.41) is 0. The zero-order valence-electron chi connectivity index (χ0n) is 7.25. The maximum Gasteiger partial charge on any atom is 0.162 e. The lowest BCUT2D eigenvalue weighted by molar-refractivity contribution is -0.116. The fourth-order valence-electron chi connectivity index (χ4n) is 2.40. The van der Waals surface area contributed by atoms with Crippen LogP contribution in [-0.2, 0) is 4.79 Å². The van der Waals surface area contributed by atoms with E-state index in [4.69, 9.17) is 0 Å². The van der Waals surface area contributed by atoms with E-state index < -0.39 is 0 Å². The summed E-state index contributed by atoms with van der Waals surface area (Å²) in [5.41, 5.74) is 0.859. The summed E-state index contributed by atoms with van der Waals surface area (Å²) in [6.07, 6.45) is 8.42. The molecule has 0 aromatic carbocycles. The molecule has 0 saturated heterocycles. The average molecular weight is 162 g/mol. The van der Waals surface area contributed by atoms with Crippen LogP contribution in [0.25, 0.3) is 0 Å². The molecule has 2 atom stereocenters. The lowest BCUT2D eigenvalue weighted by Crippen LogP contribution is -2.18. The van der Waals surface area contributed by atoms with Crippen molar-refractivity contribution in [3.8, 4) is 0 Å². The third kappa shape index (κ3) is 1.13. The SMILES string of the molecule is C=CC1=C[C@H]2CCC[C@H]2CC1=O. The van der Waals surface area contributed by atoms with E-state index in [9.17, 15) is 4.79 Å². The molecule has 12 heavy (non-hydrogen) atoms. The molecule has 1 nitrogen and oxygen atoms in total. The Morgan fingerprint density at radius 1 is 1.50 bits per heavy atom. The van der Waals surface area contributed by atoms with E-state index in [1.807, 2.05) is 0 Å². The maximum absolute atomic E-state index is 11.4. The van der Waals surface area contributed by atoms with Gasteiger partial charge in [0.15, 0.2) is 5.78 Å². The first-order valence-electron chi connectivity index (χ1n) is 4.68. The number of carbonyl (C=O) groups is 1. The van der Waals surface area contributed by atoms with Crippen molar-refractivity contribution in [2.75, 3.05) is 0 Å². The van der Waals surface area contributed by atoms with Crippen molar-refractivity contribution >= 4 is 5.78 Å². The largest absolute Gasteiger partial charge is 0.294 e. The summed E-state index contributed by atoms with van der Waals surface area (Å²) >= 11 is 0. The molecule has 1 fully saturated rings. The molecule has 0 unspecified atom stereocenters. The van der Waals surface area contributed by atoms with Gasteiger partial charge in [0.25, 0.3) is 0 Å². The number of rotatable bonds is 1. The van der Waals surface area contributed by atoms with Crippen LogP contribution in [-0.4, -0.2) is 5.78 Å². The van der Waals surface area contributed by atoms with Crippen molar-refractivity contribution in [1.82, 2.24) is 0 Å². The van der Waals surface area contributed by atoms with Gasteiger partial charge in [-0.25, -0.2) is 0 Å². The smallest absolute Gasteiger partial charge is 0.162 e. The monoisotopic (exact) mass is 162 g/mol. The summed E-state index contributed by atoms with van der Waals surface area (Å²) in [7, 11) is 0. The minimum absolute atomic E-state index is 0.299. The number of carbonyl (C=O) groups excluding carboxylic acids is 1. The van der Waals surface area contributed by atoms with E-state index in [1.54, 1.807) is 6.08 Å². The number of fused-ring (bicyclic) bond motifs is 1. The van der Waals surface area contributed by atoms with Crippen molar-refractivity contribution in [2.24, 2.45) is 11.8 Å². The highest BCUT2D eigenvalue weighted by Gasteiger charge is 2.32. The Labute approximate surface area is 73.2 Å². The molecular formula is C11H14O. The van der Waals surface area contributed by atoms with Gasteiger partial charge in [0.05, 0.1) is 0 Å². The van der Waals surface area contributed by atoms with Gasteiger partial charge in [-0.15, -0.1) is 0 Å². The Kier molecular flexibility index (Phi) is 1.87. The number of allylic oxidation sites excluding steroid dienone is 3. The molecule has 0 heterocycles. The predicted molar refractivity (Wildman–Crippen MR) is 48.7 cm³/mol. The third-order valence-electron chi connectivity index (χ3n) is 3.10. The summed E-state index contributed by atoms with van der Waals surface area (Å²) in [4.78, 5) is 11.4. The van der Waals surface area contributed by atoms with E-state index in [1.165, 1.54) is 19.3 Å². The standard InChI is InChI=1S/C11H14O/c1-2-8-6-9-4-3-5-10(9)7-11(8)12/h2,6,9-10H,1,3-5,7H2/t9-,10+/m1/s1. The summed E-state index contributed by atoms with van der Waals surface area (Å²) in [6.45, 7) is 3.66. The minimum Gasteiger partial charge on any atom is -0.294 e. The molecule has 0 radical (unpaired) electrons. The molecule has 2 aliphatic carbocycles. The second-order valence-electron chi connectivity index (χ2n) is 3.81. The Balaban J connectivity index is 2.25. The molecule has 64 valence electrons. The second-order valence-corrected chi connectivity index (χ2v) is 3.81. The van der Waals surface area contributed by atoms with Crippen LogP contribution in [0.2, 0.25) is 0 Å². The van der Waals surface area contributed by atoms with Crippen molar-refractivity contribution < 1.29 is 4.79 Å². The molecule has 2 rings (SSSR count). The van der Waals surface area contributed by atoms with Gasteiger partial charge in [-0.3, -0.25) is 4.79 Å². The molecule has 1 heteroatoms. The minimum atomic E-state index is 0.299. The molecule has 0 N–H and O–H groups in total. The van der Waals surface area contributed by atoms with Gasteiger partial charge in [0.2, 0.25) is 0 Å². The Hall–Kier alpha value is -0.850. The molecule has 0 aromatic heterocycles. The van der Waals surface area contributed by atoms with Crippen LogP contribution >= 0.6 is 0 Å². The van der Waals surface area contributed by atoms with Crippen molar-refractivity contribution in [3.05, 3.63) is 24.3 Å². The van der Waals surface area contributed by atoms with Crippen LogP contribution in [0.5, 0.6) is 0 Å². The van der Waals surface area contributed by atoms with Gasteiger partial charge in [-0.2, -0.15) is 0 Å². The van der Waals surface area contributed by atoms with E-state index in [2.05, 4.69) is 12.7 Å². The lowest BCUT2D eigenvalue weighted by atomic mass is 9.82. The molecule has 2 aliphatic rings. The van der Waals surface area contributed by atoms with Crippen LogP contribution < -0.4 is 0 Å². The van der Waals surface area contributed by atoms with Crippen LogP contribution in [0.3, 0.4) is 0 Å². The Morgan fingerprint density at radius 3 is 3.08 bits per heavy atom. The normalized spacial score (nSPS) is 34.3. The van der Waals surface area contributed by atoms with Gasteiger partial charge in [0, 0.05) is 12.0 Å². The van der Waals surface area contributed by atoms with Gasteiger partial charge >= 0.3 is 0 Å². The summed E-state index contributed by atoms with van der Waals surface area (Å²) in [6, 6.07) is 0. The average Bonchev–Trinajstić information content (AvgIpc) is 2.49. The van der Waals surface area contributed by atoms with E-state index in [0.717, 1.165) is 12.0 Å². The van der Waals surface area contributed by atoms with Crippen LogP contribution in [0.15, 0.2) is 24.3 Å². The van der Waals surface area contributed by atoms with E-state index >= 15 is 0 Å². The molecular weight excluding hydrogens is 148 g/mol. The van der Waals surface area contributed by atoms with Crippen LogP contribution in [0, 0.1) is 11.8 Å². The van der Waals surface area contributed by atoms with Gasteiger partial charge in [0.1, 0.15) is 0 Å². The molecule has 0 bridgehead atoms. The highest BCUT2D eigenvalue weighted by atomic mass is 16.1. The van der Waals surface area contributed by atoms with Gasteiger partial charge in [-0.05, 0) is 24.7 Å². The topological polar surface area (TPSA) is 17.1 Å². The number of hydrogen-bond acceptors (Lipinski definition) is 1. The molecule has 0 aliphatic heterocycles. The number of hydrogen-bond donors (Lipinski definition) is 0. The van der Waals surface area contributed by atoms with Crippen LogP contribution in [0.1, 0.15) is 25.7 Å². The molecule has 1 saturated carbocycles. The first-order chi connectivity index (χ1) is 5.81. The van der Waals surface area contributed by atoms with Gasteiger partial charge in [-0.1, -0.05) is 25.2 Å². The van der Waals surface area contributed by atoms with E-state index in [0.29, 0.717) is 17.6 Å². The highest BCUT2D eigenvalue weighted by Crippen LogP contribution is 2.39. The Morgan fingerprint density at radius 2 is 2.33 bits per heavy atom. The van der Waals surface area contributed by atoms with Crippen molar-refractivity contribution in [3.63, 3.8) is 0 Å². The number of Topliss-reactive ketones (excluding diaryl/α,β-unsaturated/α-hetero) is 1. The highest BCUT2D eigenvalue weighted by molar-refractivity contribution is 5.98. The van der Waals surface area contributed by atoms with E-state index in [-0.39, 0.29) is 0 Å². The number of ketones is 1. The Bertz CT molecular complexity index is 250. The first-order valence-corrected chi connectivity index (χ1v) is 4.68. The molecule has 0 spiro atoms. The quantitative estimate of drug-likeness (QED) is 0.579. The summed E-state index contributed by atoms with van der Waals surface area (Å²) in [5.74, 6) is 1.63. The predicted octanol–water partition coefficient (Wildman–Crippen LogP) is 2.49. The second kappa shape index (κ2) is 2.89. The first kappa shape index (κ1) is 7.78. The molecule has 0 aromatic rings. The lowest BCUT2D eigenvalue weighted by Gasteiger charge is -2.21. The molecule has 0 amide bonds.